The molecule has 1 aliphatic rings. The molecule has 0 bridgehead atoms. The summed E-state index contributed by atoms with van der Waals surface area (Å²) in [6.45, 7) is 3.70. The van der Waals surface area contributed by atoms with Crippen molar-refractivity contribution in [3.8, 4) is 0 Å². The van der Waals surface area contributed by atoms with Crippen molar-refractivity contribution in [2.45, 2.75) is 33.1 Å². The van der Waals surface area contributed by atoms with E-state index in [-0.39, 0.29) is 24.1 Å². The first kappa shape index (κ1) is 13.0. The van der Waals surface area contributed by atoms with Gasteiger partial charge in [-0.1, -0.05) is 0 Å². The highest BCUT2D eigenvalue weighted by Gasteiger charge is 2.28. The first-order chi connectivity index (χ1) is 8.49. The van der Waals surface area contributed by atoms with E-state index in [2.05, 4.69) is 0 Å². The lowest BCUT2D eigenvalue weighted by molar-refractivity contribution is -0.147. The van der Waals surface area contributed by atoms with E-state index < -0.39 is 0 Å². The van der Waals surface area contributed by atoms with E-state index in [4.69, 9.17) is 0 Å². The number of hydrogen-bond donors (Lipinski definition) is 0. The quantitative estimate of drug-likeness (QED) is 0.621. The molecule has 0 aromatic carbocycles. The summed E-state index contributed by atoms with van der Waals surface area (Å²) >= 11 is 1.55. The Kier molecular flexibility index (Phi) is 3.61. The summed E-state index contributed by atoms with van der Waals surface area (Å²) in [6.07, 6.45) is 1.32. The highest BCUT2D eigenvalue weighted by atomic mass is 32.1. The Hall–Kier alpha value is -1.49. The fourth-order valence-electron chi connectivity index (χ4n) is 2.11. The Balaban J connectivity index is 2.13. The molecule has 2 amide bonds. The van der Waals surface area contributed by atoms with Gasteiger partial charge in [-0.2, -0.15) is 0 Å². The minimum atomic E-state index is -0.232. The SMILES string of the molecule is Cc1cc(C(=O)CN2C(=O)CCCC2=O)c(C)s1. The van der Waals surface area contributed by atoms with Crippen LogP contribution in [0.4, 0.5) is 0 Å². The molecule has 2 rings (SSSR count). The van der Waals surface area contributed by atoms with Gasteiger partial charge in [-0.05, 0) is 26.3 Å². The molecule has 0 atom stereocenters. The number of piperidine rings is 1. The molecule has 5 heteroatoms. The zero-order chi connectivity index (χ0) is 13.3. The Bertz CT molecular complexity index is 502. The average molecular weight is 265 g/mol. The van der Waals surface area contributed by atoms with Gasteiger partial charge in [0.05, 0.1) is 6.54 Å². The first-order valence-electron chi connectivity index (χ1n) is 5.92. The van der Waals surface area contributed by atoms with E-state index in [0.717, 1.165) is 14.7 Å². The van der Waals surface area contributed by atoms with Gasteiger partial charge < -0.3 is 0 Å². The largest absolute Gasteiger partial charge is 0.292 e. The summed E-state index contributed by atoms with van der Waals surface area (Å²) in [7, 11) is 0. The smallest absolute Gasteiger partial charge is 0.229 e. The summed E-state index contributed by atoms with van der Waals surface area (Å²) in [5.41, 5.74) is 0.628. The monoisotopic (exact) mass is 265 g/mol. The fourth-order valence-corrected chi connectivity index (χ4v) is 3.06. The number of ketones is 1. The van der Waals surface area contributed by atoms with Crippen LogP contribution in [0.15, 0.2) is 6.07 Å². The van der Waals surface area contributed by atoms with Gasteiger partial charge >= 0.3 is 0 Å². The van der Waals surface area contributed by atoms with Gasteiger partial charge in [0.2, 0.25) is 11.8 Å². The topological polar surface area (TPSA) is 54.5 Å². The van der Waals surface area contributed by atoms with Gasteiger partial charge in [0, 0.05) is 28.2 Å². The summed E-state index contributed by atoms with van der Waals surface area (Å²) in [4.78, 5) is 38.4. The molecule has 4 nitrogen and oxygen atoms in total. The van der Waals surface area contributed by atoms with Crippen LogP contribution in [0.2, 0.25) is 0 Å². The number of hydrogen-bond acceptors (Lipinski definition) is 4. The number of likely N-dealkylation sites (tertiary alicyclic amines) is 1. The Morgan fingerprint density at radius 2 is 1.89 bits per heavy atom. The second-order valence-electron chi connectivity index (χ2n) is 4.48. The van der Waals surface area contributed by atoms with Crippen LogP contribution in [-0.2, 0) is 9.59 Å². The Morgan fingerprint density at radius 1 is 1.28 bits per heavy atom. The van der Waals surface area contributed by atoms with Crippen molar-refractivity contribution in [1.82, 2.24) is 4.90 Å². The molecule has 96 valence electrons. The zero-order valence-electron chi connectivity index (χ0n) is 10.5. The van der Waals surface area contributed by atoms with Gasteiger partial charge in [-0.15, -0.1) is 11.3 Å². The maximum Gasteiger partial charge on any atom is 0.229 e. The minimum Gasteiger partial charge on any atom is -0.292 e. The molecular weight excluding hydrogens is 250 g/mol. The molecule has 0 unspecified atom stereocenters. The van der Waals surface area contributed by atoms with Crippen LogP contribution >= 0.6 is 11.3 Å². The van der Waals surface area contributed by atoms with Crippen molar-refractivity contribution in [2.24, 2.45) is 0 Å². The number of carbonyl (C=O) groups is 3. The number of aryl methyl sites for hydroxylation is 2. The van der Waals surface area contributed by atoms with Crippen LogP contribution in [0.25, 0.3) is 0 Å². The third-order valence-corrected chi connectivity index (χ3v) is 3.99. The number of imide groups is 1. The van der Waals surface area contributed by atoms with E-state index in [1.54, 1.807) is 11.3 Å². The van der Waals surface area contributed by atoms with E-state index >= 15 is 0 Å². The van der Waals surface area contributed by atoms with Gasteiger partial charge in [0.1, 0.15) is 0 Å². The first-order valence-corrected chi connectivity index (χ1v) is 6.74. The molecule has 0 aliphatic carbocycles. The van der Waals surface area contributed by atoms with E-state index in [1.165, 1.54) is 0 Å². The molecule has 2 heterocycles. The van der Waals surface area contributed by atoms with Crippen molar-refractivity contribution >= 4 is 28.9 Å². The maximum absolute atomic E-state index is 12.1. The van der Waals surface area contributed by atoms with Crippen LogP contribution in [-0.4, -0.2) is 29.0 Å². The maximum atomic E-state index is 12.1. The normalized spacial score (nSPS) is 16.2. The Labute approximate surface area is 110 Å². The van der Waals surface area contributed by atoms with Crippen molar-refractivity contribution < 1.29 is 14.4 Å². The van der Waals surface area contributed by atoms with Gasteiger partial charge in [0.25, 0.3) is 0 Å². The van der Waals surface area contributed by atoms with Crippen molar-refractivity contribution in [3.05, 3.63) is 21.4 Å². The van der Waals surface area contributed by atoms with Gasteiger partial charge in [0.15, 0.2) is 5.78 Å². The molecular formula is C13H15NO3S. The highest BCUT2D eigenvalue weighted by molar-refractivity contribution is 7.12. The molecule has 1 fully saturated rings. The summed E-state index contributed by atoms with van der Waals surface area (Å²) < 4.78 is 0. The number of nitrogens with zero attached hydrogens (tertiary/aromatic N) is 1. The molecule has 0 spiro atoms. The molecule has 0 N–H and O–H groups in total. The van der Waals surface area contributed by atoms with Crippen LogP contribution in [0.5, 0.6) is 0 Å². The van der Waals surface area contributed by atoms with E-state index in [9.17, 15) is 14.4 Å². The van der Waals surface area contributed by atoms with Crippen LogP contribution in [0, 0.1) is 13.8 Å². The lowest BCUT2D eigenvalue weighted by atomic mass is 10.1. The standard InChI is InChI=1S/C13H15NO3S/c1-8-6-10(9(2)18-8)11(15)7-14-12(16)4-3-5-13(14)17/h6H,3-5,7H2,1-2H3. The molecule has 1 aliphatic heterocycles. The van der Waals surface area contributed by atoms with Crippen molar-refractivity contribution in [2.75, 3.05) is 6.54 Å². The van der Waals surface area contributed by atoms with Crippen LogP contribution in [0.3, 0.4) is 0 Å². The van der Waals surface area contributed by atoms with Crippen LogP contribution in [0.1, 0.15) is 39.4 Å². The lowest BCUT2D eigenvalue weighted by Crippen LogP contribution is -2.43. The Morgan fingerprint density at radius 3 is 2.39 bits per heavy atom. The predicted octanol–water partition coefficient (Wildman–Crippen LogP) is 2.09. The molecule has 1 aromatic rings. The summed E-state index contributed by atoms with van der Waals surface area (Å²) in [5, 5.41) is 0. The highest BCUT2D eigenvalue weighted by Crippen LogP contribution is 2.22. The molecule has 0 saturated carbocycles. The molecule has 1 saturated heterocycles. The molecule has 0 radical (unpaired) electrons. The zero-order valence-corrected chi connectivity index (χ0v) is 11.3. The van der Waals surface area contributed by atoms with E-state index in [1.807, 2.05) is 19.9 Å². The summed E-state index contributed by atoms with van der Waals surface area (Å²) in [6, 6.07) is 1.82. The predicted molar refractivity (Wildman–Crippen MR) is 68.7 cm³/mol. The molecule has 18 heavy (non-hydrogen) atoms. The number of thiophene rings is 1. The molecule has 1 aromatic heterocycles. The van der Waals surface area contributed by atoms with Crippen molar-refractivity contribution in [3.63, 3.8) is 0 Å². The van der Waals surface area contributed by atoms with Crippen LogP contribution < -0.4 is 0 Å². The second-order valence-corrected chi connectivity index (χ2v) is 5.94. The fraction of sp³-hybridized carbons (Fsp3) is 0.462. The van der Waals surface area contributed by atoms with E-state index in [0.29, 0.717) is 24.8 Å². The second kappa shape index (κ2) is 5.02. The number of carbonyl (C=O) groups excluding carboxylic acids is 3. The van der Waals surface area contributed by atoms with Gasteiger partial charge in [-0.3, -0.25) is 19.3 Å². The average Bonchev–Trinajstić information content (AvgIpc) is 2.63. The lowest BCUT2D eigenvalue weighted by Gasteiger charge is -2.23. The third-order valence-electron chi connectivity index (χ3n) is 3.03. The summed E-state index contributed by atoms with van der Waals surface area (Å²) in [5.74, 6) is -0.617. The minimum absolute atomic E-state index is 0.116. The van der Waals surface area contributed by atoms with Gasteiger partial charge in [-0.25, -0.2) is 0 Å². The number of amides is 2. The third kappa shape index (κ3) is 2.51. The van der Waals surface area contributed by atoms with Crippen molar-refractivity contribution in [1.29, 1.82) is 0 Å². The number of rotatable bonds is 3. The number of Topliss-reactive ketones (excluding diaryl/α,β-unsaturated/α-hetero) is 1.